The zero-order chi connectivity index (χ0) is 20.0. The second-order valence-corrected chi connectivity index (χ2v) is 8.74. The van der Waals surface area contributed by atoms with Gasteiger partial charge in [0, 0.05) is 9.26 Å². The monoisotopic (exact) mass is 502 g/mol. The average Bonchev–Trinajstić information content (AvgIpc) is 2.60. The summed E-state index contributed by atoms with van der Waals surface area (Å²) < 4.78 is 31.0. The molecular formula is C18H19IN2O5S. The number of hydrogen-bond donors (Lipinski definition) is 1. The predicted molar refractivity (Wildman–Crippen MR) is 112 cm³/mol. The highest BCUT2D eigenvalue weighted by atomic mass is 127. The van der Waals surface area contributed by atoms with Crippen LogP contribution in [0.15, 0.2) is 48.5 Å². The Kier molecular flexibility index (Phi) is 7.19. The van der Waals surface area contributed by atoms with Crippen LogP contribution < -0.4 is 9.62 Å². The van der Waals surface area contributed by atoms with Crippen LogP contribution in [0.1, 0.15) is 17.3 Å². The molecule has 144 valence electrons. The molecule has 2 aromatic rings. The lowest BCUT2D eigenvalue weighted by molar-refractivity contribution is -0.114. The van der Waals surface area contributed by atoms with Gasteiger partial charge in [-0.05, 0) is 78.0 Å². The Bertz CT molecular complexity index is 912. The minimum absolute atomic E-state index is 0.275. The summed E-state index contributed by atoms with van der Waals surface area (Å²) in [5.74, 6) is -0.944. The van der Waals surface area contributed by atoms with Gasteiger partial charge in [-0.3, -0.25) is 9.10 Å². The average molecular weight is 502 g/mol. The van der Waals surface area contributed by atoms with E-state index in [9.17, 15) is 18.0 Å². The second-order valence-electron chi connectivity index (χ2n) is 5.59. The summed E-state index contributed by atoms with van der Waals surface area (Å²) in [5, 5.41) is 2.63. The van der Waals surface area contributed by atoms with E-state index in [4.69, 9.17) is 4.74 Å². The van der Waals surface area contributed by atoms with Crippen LogP contribution in [0, 0.1) is 3.57 Å². The van der Waals surface area contributed by atoms with Crippen molar-refractivity contribution in [1.29, 1.82) is 0 Å². The number of halogens is 1. The van der Waals surface area contributed by atoms with Gasteiger partial charge in [0.05, 0.1) is 24.1 Å². The molecule has 9 heteroatoms. The van der Waals surface area contributed by atoms with Gasteiger partial charge in [0.1, 0.15) is 6.54 Å². The third-order valence-electron chi connectivity index (χ3n) is 3.48. The van der Waals surface area contributed by atoms with Crippen LogP contribution >= 0.6 is 22.6 Å². The number of amides is 1. The molecule has 2 rings (SSSR count). The standard InChI is InChI=1S/C18H19IN2O5S/c1-3-26-18(23)13-4-8-15(9-5-13)20-17(22)12-21(27(2,24)25)16-10-6-14(19)7-11-16/h4-11H,3,12H2,1-2H3,(H,20,22). The van der Waals surface area contributed by atoms with Crippen molar-refractivity contribution in [2.75, 3.05) is 29.0 Å². The summed E-state index contributed by atoms with van der Waals surface area (Å²) in [6, 6.07) is 13.0. The molecule has 0 unspecified atom stereocenters. The molecule has 0 aliphatic carbocycles. The van der Waals surface area contributed by atoms with Crippen molar-refractivity contribution in [2.45, 2.75) is 6.92 Å². The molecule has 0 saturated carbocycles. The van der Waals surface area contributed by atoms with Gasteiger partial charge >= 0.3 is 5.97 Å². The summed E-state index contributed by atoms with van der Waals surface area (Å²) in [5.41, 5.74) is 1.22. The van der Waals surface area contributed by atoms with Gasteiger partial charge in [-0.15, -0.1) is 0 Å². The summed E-state index contributed by atoms with van der Waals surface area (Å²) in [6.45, 7) is 1.63. The highest BCUT2D eigenvalue weighted by Crippen LogP contribution is 2.19. The molecule has 0 bridgehead atoms. The van der Waals surface area contributed by atoms with Crippen LogP contribution in [0.2, 0.25) is 0 Å². The maximum atomic E-state index is 12.3. The number of nitrogens with one attached hydrogen (secondary N) is 1. The molecule has 0 heterocycles. The Balaban J connectivity index is 2.10. The van der Waals surface area contributed by atoms with Crippen LogP contribution in [0.3, 0.4) is 0 Å². The number of carbonyl (C=O) groups is 2. The molecule has 0 radical (unpaired) electrons. The van der Waals surface area contributed by atoms with Gasteiger partial charge < -0.3 is 10.1 Å². The minimum atomic E-state index is -3.63. The second kappa shape index (κ2) is 9.18. The largest absolute Gasteiger partial charge is 0.462 e. The van der Waals surface area contributed by atoms with Crippen molar-refractivity contribution >= 4 is 55.9 Å². The van der Waals surface area contributed by atoms with E-state index in [2.05, 4.69) is 27.9 Å². The van der Waals surface area contributed by atoms with Crippen molar-refractivity contribution in [3.8, 4) is 0 Å². The molecule has 0 aliphatic heterocycles. The van der Waals surface area contributed by atoms with Crippen LogP contribution in [0.4, 0.5) is 11.4 Å². The maximum absolute atomic E-state index is 12.3. The summed E-state index contributed by atoms with van der Waals surface area (Å²) in [6.07, 6.45) is 1.05. The van der Waals surface area contributed by atoms with Crippen molar-refractivity contribution in [3.05, 3.63) is 57.7 Å². The Morgan fingerprint density at radius 2 is 1.67 bits per heavy atom. The molecule has 1 amide bonds. The van der Waals surface area contributed by atoms with Gasteiger partial charge in [0.25, 0.3) is 0 Å². The van der Waals surface area contributed by atoms with Gasteiger partial charge in [0.15, 0.2) is 0 Å². The number of benzene rings is 2. The first-order chi connectivity index (χ1) is 12.7. The van der Waals surface area contributed by atoms with E-state index in [-0.39, 0.29) is 13.2 Å². The molecule has 0 aliphatic rings. The summed E-state index contributed by atoms with van der Waals surface area (Å²) >= 11 is 2.11. The fourth-order valence-electron chi connectivity index (χ4n) is 2.24. The van der Waals surface area contributed by atoms with Gasteiger partial charge in [-0.25, -0.2) is 13.2 Å². The first-order valence-corrected chi connectivity index (χ1v) is 10.9. The zero-order valence-electron chi connectivity index (χ0n) is 14.8. The van der Waals surface area contributed by atoms with Crippen molar-refractivity contribution in [3.63, 3.8) is 0 Å². The van der Waals surface area contributed by atoms with Crippen LogP contribution in [0.25, 0.3) is 0 Å². The molecule has 27 heavy (non-hydrogen) atoms. The minimum Gasteiger partial charge on any atom is -0.462 e. The molecule has 0 aromatic heterocycles. The maximum Gasteiger partial charge on any atom is 0.338 e. The molecule has 7 nitrogen and oxygen atoms in total. The zero-order valence-corrected chi connectivity index (χ0v) is 17.8. The molecule has 0 fully saturated rings. The van der Waals surface area contributed by atoms with Crippen LogP contribution in [0.5, 0.6) is 0 Å². The number of nitrogens with zero attached hydrogens (tertiary/aromatic N) is 1. The highest BCUT2D eigenvalue weighted by molar-refractivity contribution is 14.1. The number of hydrogen-bond acceptors (Lipinski definition) is 5. The summed E-state index contributed by atoms with van der Waals surface area (Å²) in [4.78, 5) is 24.0. The van der Waals surface area contributed by atoms with Gasteiger partial charge in [0.2, 0.25) is 15.9 Å². The third-order valence-corrected chi connectivity index (χ3v) is 5.34. The first-order valence-electron chi connectivity index (χ1n) is 8.01. The Morgan fingerprint density at radius 3 is 2.19 bits per heavy atom. The lowest BCUT2D eigenvalue weighted by Gasteiger charge is -2.22. The predicted octanol–water partition coefficient (Wildman–Crippen LogP) is 2.87. The normalized spacial score (nSPS) is 10.9. The van der Waals surface area contributed by atoms with Crippen LogP contribution in [-0.4, -0.2) is 39.7 Å². The lowest BCUT2D eigenvalue weighted by Crippen LogP contribution is -2.37. The van der Waals surface area contributed by atoms with E-state index < -0.39 is 21.9 Å². The van der Waals surface area contributed by atoms with E-state index in [0.717, 1.165) is 14.1 Å². The molecule has 0 atom stereocenters. The van der Waals surface area contributed by atoms with Gasteiger partial charge in [-0.2, -0.15) is 0 Å². The van der Waals surface area contributed by atoms with E-state index in [1.807, 2.05) is 0 Å². The van der Waals surface area contributed by atoms with E-state index in [1.54, 1.807) is 43.3 Å². The fourth-order valence-corrected chi connectivity index (χ4v) is 3.46. The molecular weight excluding hydrogens is 483 g/mol. The van der Waals surface area contributed by atoms with E-state index >= 15 is 0 Å². The third kappa shape index (κ3) is 6.21. The number of sulfonamides is 1. The number of anilines is 2. The van der Waals surface area contributed by atoms with Crippen molar-refractivity contribution in [2.24, 2.45) is 0 Å². The van der Waals surface area contributed by atoms with E-state index in [0.29, 0.717) is 16.9 Å². The van der Waals surface area contributed by atoms with Crippen molar-refractivity contribution < 1.29 is 22.7 Å². The smallest absolute Gasteiger partial charge is 0.338 e. The number of carbonyl (C=O) groups excluding carboxylic acids is 2. The molecule has 0 saturated heterocycles. The number of rotatable bonds is 7. The number of esters is 1. The Labute approximate surface area is 171 Å². The Hall–Kier alpha value is -2.14. The topological polar surface area (TPSA) is 92.8 Å². The van der Waals surface area contributed by atoms with E-state index in [1.165, 1.54) is 12.1 Å². The first kappa shape index (κ1) is 21.2. The quantitative estimate of drug-likeness (QED) is 0.465. The Morgan fingerprint density at radius 1 is 1.07 bits per heavy atom. The number of ether oxygens (including phenoxy) is 1. The summed E-state index contributed by atoms with van der Waals surface area (Å²) in [7, 11) is -3.63. The highest BCUT2D eigenvalue weighted by Gasteiger charge is 2.21. The van der Waals surface area contributed by atoms with Crippen molar-refractivity contribution in [1.82, 2.24) is 0 Å². The fraction of sp³-hybridized carbons (Fsp3) is 0.222. The molecule has 0 spiro atoms. The van der Waals surface area contributed by atoms with Gasteiger partial charge in [-0.1, -0.05) is 0 Å². The molecule has 2 aromatic carbocycles. The molecule has 1 N–H and O–H groups in total. The SMILES string of the molecule is CCOC(=O)c1ccc(NC(=O)CN(c2ccc(I)cc2)S(C)(=O)=O)cc1. The lowest BCUT2D eigenvalue weighted by atomic mass is 10.2. The van der Waals surface area contributed by atoms with Crippen LogP contribution in [-0.2, 0) is 19.6 Å².